The normalized spacial score (nSPS) is 13.9. The Morgan fingerprint density at radius 1 is 1.62 bits per heavy atom. The van der Waals surface area contributed by atoms with Gasteiger partial charge in [0.25, 0.3) is 0 Å². The highest BCUT2D eigenvalue weighted by Crippen LogP contribution is 2.06. The van der Waals surface area contributed by atoms with Gasteiger partial charge in [0.2, 0.25) is 0 Å². The van der Waals surface area contributed by atoms with Crippen LogP contribution in [0.4, 0.5) is 0 Å². The zero-order chi connectivity index (χ0) is 6.41. The number of hydrogen-bond donors (Lipinski definition) is 1. The van der Waals surface area contributed by atoms with E-state index in [1.165, 1.54) is 0 Å². The minimum absolute atomic E-state index is 0.331. The van der Waals surface area contributed by atoms with Crippen LogP contribution in [0.15, 0.2) is 0 Å². The molecule has 0 unspecified atom stereocenters. The zero-order valence-corrected chi connectivity index (χ0v) is 6.82. The summed E-state index contributed by atoms with van der Waals surface area (Å²) in [6, 6.07) is 0. The van der Waals surface area contributed by atoms with Crippen molar-refractivity contribution in [3.63, 3.8) is 0 Å². The molecule has 0 fully saturated rings. The summed E-state index contributed by atoms with van der Waals surface area (Å²) in [5, 5.41) is 9.44. The van der Waals surface area contributed by atoms with Crippen molar-refractivity contribution in [3.8, 4) is 0 Å². The topological polar surface area (TPSA) is 20.2 Å². The van der Waals surface area contributed by atoms with Crippen molar-refractivity contribution < 1.29 is 5.11 Å². The summed E-state index contributed by atoms with van der Waals surface area (Å²) >= 11 is 3.36. The van der Waals surface area contributed by atoms with Gasteiger partial charge in [0.15, 0.2) is 0 Å². The Morgan fingerprint density at radius 2 is 2.25 bits per heavy atom. The summed E-state index contributed by atoms with van der Waals surface area (Å²) in [5.74, 6) is 0.710. The number of hydrogen-bond acceptors (Lipinski definition) is 1. The third-order valence-corrected chi connectivity index (χ3v) is 2.22. The summed E-state index contributed by atoms with van der Waals surface area (Å²) in [6.07, 6.45) is 2.06. The van der Waals surface area contributed by atoms with Crippen molar-refractivity contribution in [2.45, 2.75) is 19.8 Å². The molecular formula is C6H13BrO. The Hall–Kier alpha value is 0.440. The van der Waals surface area contributed by atoms with Crippen LogP contribution < -0.4 is 0 Å². The van der Waals surface area contributed by atoms with Crippen LogP contribution in [0, 0.1) is 5.92 Å². The van der Waals surface area contributed by atoms with Crippen LogP contribution in [0.1, 0.15) is 19.8 Å². The van der Waals surface area contributed by atoms with Gasteiger partial charge in [0, 0.05) is 11.9 Å². The third kappa shape index (κ3) is 4.60. The lowest BCUT2D eigenvalue weighted by molar-refractivity contribution is 0.277. The van der Waals surface area contributed by atoms with E-state index >= 15 is 0 Å². The quantitative estimate of drug-likeness (QED) is 0.655. The van der Waals surface area contributed by atoms with Gasteiger partial charge in [-0.2, -0.15) is 0 Å². The Labute approximate surface area is 59.2 Å². The van der Waals surface area contributed by atoms with Crippen molar-refractivity contribution in [2.24, 2.45) is 5.92 Å². The zero-order valence-electron chi connectivity index (χ0n) is 5.23. The second-order valence-electron chi connectivity index (χ2n) is 2.13. The van der Waals surface area contributed by atoms with Crippen LogP contribution in [0.25, 0.3) is 0 Å². The van der Waals surface area contributed by atoms with E-state index in [9.17, 15) is 0 Å². The predicted octanol–water partition coefficient (Wildman–Crippen LogP) is 1.79. The fourth-order valence-electron chi connectivity index (χ4n) is 0.517. The molecule has 0 aromatic rings. The minimum Gasteiger partial charge on any atom is -0.396 e. The standard InChI is InChI=1S/C6H13BrO/c1-6(5-7)3-2-4-8/h6,8H,2-5H2,1H3/t6-/m1/s1. The molecule has 50 valence electrons. The lowest BCUT2D eigenvalue weighted by Gasteiger charge is -2.03. The second kappa shape index (κ2) is 5.57. The predicted molar refractivity (Wildman–Crippen MR) is 39.3 cm³/mol. The number of aliphatic hydroxyl groups is 1. The van der Waals surface area contributed by atoms with Gasteiger partial charge in [-0.3, -0.25) is 0 Å². The molecule has 0 saturated carbocycles. The van der Waals surface area contributed by atoms with E-state index in [0.717, 1.165) is 18.2 Å². The molecule has 0 spiro atoms. The molecule has 0 heterocycles. The van der Waals surface area contributed by atoms with Gasteiger partial charge in [-0.25, -0.2) is 0 Å². The van der Waals surface area contributed by atoms with Crippen molar-refractivity contribution in [1.29, 1.82) is 0 Å². The first-order valence-corrected chi connectivity index (χ1v) is 4.10. The molecule has 0 aromatic heterocycles. The minimum atomic E-state index is 0.331. The number of halogens is 1. The Kier molecular flexibility index (Phi) is 5.88. The van der Waals surface area contributed by atoms with E-state index in [2.05, 4.69) is 22.9 Å². The van der Waals surface area contributed by atoms with Crippen LogP contribution in [0.3, 0.4) is 0 Å². The maximum Gasteiger partial charge on any atom is 0.0431 e. The molecule has 1 N–H and O–H groups in total. The van der Waals surface area contributed by atoms with Crippen LogP contribution in [0.5, 0.6) is 0 Å². The van der Waals surface area contributed by atoms with E-state index in [0.29, 0.717) is 12.5 Å². The SMILES string of the molecule is C[C@@H](CBr)CCCO. The molecule has 1 atom stereocenters. The lowest BCUT2D eigenvalue weighted by Crippen LogP contribution is -1.96. The molecule has 0 aliphatic carbocycles. The Morgan fingerprint density at radius 3 is 2.62 bits per heavy atom. The van der Waals surface area contributed by atoms with Crippen LogP contribution in [0.2, 0.25) is 0 Å². The van der Waals surface area contributed by atoms with E-state index in [4.69, 9.17) is 5.11 Å². The van der Waals surface area contributed by atoms with Crippen LogP contribution in [-0.2, 0) is 0 Å². The van der Waals surface area contributed by atoms with E-state index in [1.807, 2.05) is 0 Å². The molecule has 0 bridgehead atoms. The van der Waals surface area contributed by atoms with E-state index < -0.39 is 0 Å². The number of alkyl halides is 1. The van der Waals surface area contributed by atoms with Gasteiger partial charge in [0.1, 0.15) is 0 Å². The fraction of sp³-hybridized carbons (Fsp3) is 1.00. The van der Waals surface area contributed by atoms with Crippen molar-refractivity contribution >= 4 is 15.9 Å². The van der Waals surface area contributed by atoms with Gasteiger partial charge in [-0.1, -0.05) is 22.9 Å². The summed E-state index contributed by atoms with van der Waals surface area (Å²) in [7, 11) is 0. The summed E-state index contributed by atoms with van der Waals surface area (Å²) < 4.78 is 0. The number of aliphatic hydroxyl groups excluding tert-OH is 1. The van der Waals surface area contributed by atoms with E-state index in [-0.39, 0.29) is 0 Å². The fourth-order valence-corrected chi connectivity index (χ4v) is 0.841. The highest BCUT2D eigenvalue weighted by Gasteiger charge is 1.96. The molecule has 8 heavy (non-hydrogen) atoms. The first-order valence-electron chi connectivity index (χ1n) is 2.98. The second-order valence-corrected chi connectivity index (χ2v) is 2.77. The molecule has 1 nitrogen and oxygen atoms in total. The van der Waals surface area contributed by atoms with Crippen molar-refractivity contribution in [1.82, 2.24) is 0 Å². The van der Waals surface area contributed by atoms with Gasteiger partial charge >= 0.3 is 0 Å². The Bertz CT molecular complexity index is 47.8. The van der Waals surface area contributed by atoms with Gasteiger partial charge < -0.3 is 5.11 Å². The first kappa shape index (κ1) is 8.44. The molecule has 0 radical (unpaired) electrons. The molecule has 0 rings (SSSR count). The van der Waals surface area contributed by atoms with Gasteiger partial charge in [-0.05, 0) is 18.8 Å². The lowest BCUT2D eigenvalue weighted by atomic mass is 10.1. The molecule has 0 aromatic carbocycles. The molecule has 0 aliphatic heterocycles. The average Bonchev–Trinajstić information content (AvgIpc) is 1.83. The highest BCUT2D eigenvalue weighted by molar-refractivity contribution is 9.09. The summed E-state index contributed by atoms with van der Waals surface area (Å²) in [6.45, 7) is 2.50. The maximum atomic E-state index is 8.40. The summed E-state index contributed by atoms with van der Waals surface area (Å²) in [5.41, 5.74) is 0. The molecule has 2 heteroatoms. The smallest absolute Gasteiger partial charge is 0.0431 e. The van der Waals surface area contributed by atoms with Crippen molar-refractivity contribution in [3.05, 3.63) is 0 Å². The van der Waals surface area contributed by atoms with Crippen LogP contribution in [-0.4, -0.2) is 17.0 Å². The molecule has 0 amide bonds. The monoisotopic (exact) mass is 180 g/mol. The maximum absolute atomic E-state index is 8.40. The first-order chi connectivity index (χ1) is 3.81. The largest absolute Gasteiger partial charge is 0.396 e. The van der Waals surface area contributed by atoms with Crippen molar-refractivity contribution in [2.75, 3.05) is 11.9 Å². The van der Waals surface area contributed by atoms with Gasteiger partial charge in [0.05, 0.1) is 0 Å². The Balaban J connectivity index is 2.86. The van der Waals surface area contributed by atoms with E-state index in [1.54, 1.807) is 0 Å². The van der Waals surface area contributed by atoms with Gasteiger partial charge in [-0.15, -0.1) is 0 Å². The number of rotatable bonds is 4. The third-order valence-electron chi connectivity index (χ3n) is 1.12. The van der Waals surface area contributed by atoms with Crippen LogP contribution >= 0.6 is 15.9 Å². The molecular weight excluding hydrogens is 168 g/mol. The summed E-state index contributed by atoms with van der Waals surface area (Å²) in [4.78, 5) is 0. The molecule has 0 saturated heterocycles. The average molecular weight is 181 g/mol. The molecule has 0 aliphatic rings. The highest BCUT2D eigenvalue weighted by atomic mass is 79.9.